The zero-order valence-corrected chi connectivity index (χ0v) is 15.2. The van der Waals surface area contributed by atoms with Crippen molar-refractivity contribution >= 4 is 28.9 Å². The maximum atomic E-state index is 13.0. The van der Waals surface area contributed by atoms with Crippen LogP contribution in [0.4, 0.5) is 0 Å². The molecule has 3 aromatic rings. The van der Waals surface area contributed by atoms with E-state index in [0.29, 0.717) is 16.0 Å². The molecule has 27 heavy (non-hydrogen) atoms. The lowest BCUT2D eigenvalue weighted by Gasteiger charge is -2.01. The molecule has 0 spiro atoms. The first-order valence-corrected chi connectivity index (χ1v) is 8.74. The fourth-order valence-electron chi connectivity index (χ4n) is 2.52. The fraction of sp³-hybridized carbons (Fsp3) is 0.0500. The second-order valence-electron chi connectivity index (χ2n) is 5.52. The lowest BCUT2D eigenvalue weighted by atomic mass is 10.2. The Bertz CT molecular complexity index is 1200. The second kappa shape index (κ2) is 7.72. The largest absolute Gasteiger partial charge is 0.497 e. The second-order valence-corrected chi connectivity index (χ2v) is 6.55. The normalized spacial score (nSPS) is 12.4. The molecular formula is C20H15N3O3S. The van der Waals surface area contributed by atoms with Gasteiger partial charge in [0.05, 0.1) is 17.3 Å². The van der Waals surface area contributed by atoms with Crippen molar-refractivity contribution in [1.29, 1.82) is 5.26 Å². The molecular weight excluding hydrogens is 362 g/mol. The van der Waals surface area contributed by atoms with Gasteiger partial charge in [-0.15, -0.1) is 11.3 Å². The average molecular weight is 377 g/mol. The van der Waals surface area contributed by atoms with E-state index in [-0.39, 0.29) is 15.8 Å². The molecule has 0 bridgehead atoms. The number of nitrogens with two attached hydrogens (primary N) is 1. The van der Waals surface area contributed by atoms with Gasteiger partial charge < -0.3 is 10.5 Å². The summed E-state index contributed by atoms with van der Waals surface area (Å²) in [5.41, 5.74) is 6.10. The molecule has 0 aliphatic rings. The Balaban J connectivity index is 2.34. The Morgan fingerprint density at radius 1 is 1.19 bits per heavy atom. The number of carbonyl (C=O) groups excluding carboxylic acids is 1. The highest BCUT2D eigenvalue weighted by Gasteiger charge is 2.14. The van der Waals surface area contributed by atoms with Crippen LogP contribution >= 0.6 is 11.3 Å². The van der Waals surface area contributed by atoms with Crippen molar-refractivity contribution in [3.63, 3.8) is 0 Å². The minimum absolute atomic E-state index is 0.209. The summed E-state index contributed by atoms with van der Waals surface area (Å²) in [5.74, 6) is -0.172. The molecule has 0 fully saturated rings. The average Bonchev–Trinajstić information content (AvgIpc) is 2.99. The van der Waals surface area contributed by atoms with Gasteiger partial charge >= 0.3 is 0 Å². The van der Waals surface area contributed by atoms with Gasteiger partial charge in [0.1, 0.15) is 16.5 Å². The third-order valence-corrected chi connectivity index (χ3v) is 4.92. The highest BCUT2D eigenvalue weighted by atomic mass is 32.1. The molecule has 0 saturated carbocycles. The molecule has 0 aliphatic carbocycles. The van der Waals surface area contributed by atoms with Crippen LogP contribution in [-0.2, 0) is 4.79 Å². The summed E-state index contributed by atoms with van der Waals surface area (Å²) in [6.07, 6.45) is 1.70. The summed E-state index contributed by atoms with van der Waals surface area (Å²) in [6, 6.07) is 17.8. The summed E-state index contributed by atoms with van der Waals surface area (Å²) in [4.78, 5) is 24.7. The molecule has 0 aliphatic heterocycles. The molecule has 1 heterocycles. The lowest BCUT2D eigenvalue weighted by molar-refractivity contribution is -0.112. The maximum Gasteiger partial charge on any atom is 0.273 e. The summed E-state index contributed by atoms with van der Waals surface area (Å²) in [5, 5.41) is 9.35. The number of para-hydroxylation sites is 1. The maximum absolute atomic E-state index is 13.0. The lowest BCUT2D eigenvalue weighted by Crippen LogP contribution is -2.32. The Kier molecular flexibility index (Phi) is 5.20. The van der Waals surface area contributed by atoms with Crippen molar-refractivity contribution in [3.05, 3.63) is 79.7 Å². The van der Waals surface area contributed by atoms with E-state index in [1.807, 2.05) is 24.3 Å². The third-order valence-electron chi connectivity index (χ3n) is 3.82. The van der Waals surface area contributed by atoms with Crippen LogP contribution < -0.4 is 25.2 Å². The van der Waals surface area contributed by atoms with Crippen molar-refractivity contribution in [1.82, 2.24) is 4.57 Å². The van der Waals surface area contributed by atoms with Gasteiger partial charge in [0, 0.05) is 0 Å². The first-order valence-electron chi connectivity index (χ1n) is 7.92. The number of benzene rings is 2. The van der Waals surface area contributed by atoms with Gasteiger partial charge in [-0.3, -0.25) is 14.2 Å². The van der Waals surface area contributed by atoms with Crippen LogP contribution in [0.25, 0.3) is 17.3 Å². The number of nitrogens with zero attached hydrogens (tertiary/aromatic N) is 2. The summed E-state index contributed by atoms with van der Waals surface area (Å²) >= 11 is 1.05. The molecule has 2 N–H and O–H groups in total. The minimum Gasteiger partial charge on any atom is -0.497 e. The van der Waals surface area contributed by atoms with Crippen LogP contribution in [0.15, 0.2) is 59.4 Å². The van der Waals surface area contributed by atoms with Crippen molar-refractivity contribution < 1.29 is 9.53 Å². The van der Waals surface area contributed by atoms with Crippen molar-refractivity contribution in [2.45, 2.75) is 0 Å². The van der Waals surface area contributed by atoms with Gasteiger partial charge in [0.25, 0.3) is 11.5 Å². The van der Waals surface area contributed by atoms with Crippen LogP contribution in [0.1, 0.15) is 5.56 Å². The highest BCUT2D eigenvalue weighted by Crippen LogP contribution is 2.11. The van der Waals surface area contributed by atoms with Crippen LogP contribution in [0.5, 0.6) is 5.75 Å². The van der Waals surface area contributed by atoms with Crippen LogP contribution in [-0.4, -0.2) is 17.6 Å². The summed E-state index contributed by atoms with van der Waals surface area (Å²) < 4.78 is 7.06. The fourth-order valence-corrected chi connectivity index (χ4v) is 3.63. The van der Waals surface area contributed by atoms with Gasteiger partial charge in [-0.25, -0.2) is 0 Å². The van der Waals surface area contributed by atoms with E-state index in [1.54, 1.807) is 49.6 Å². The number of hydrogen-bond donors (Lipinski definition) is 1. The van der Waals surface area contributed by atoms with E-state index in [4.69, 9.17) is 10.5 Å². The van der Waals surface area contributed by atoms with Gasteiger partial charge in [-0.05, 0) is 35.9 Å². The van der Waals surface area contributed by atoms with Crippen molar-refractivity contribution in [2.75, 3.05) is 7.11 Å². The Morgan fingerprint density at radius 2 is 1.85 bits per heavy atom. The Hall–Kier alpha value is -3.63. The third kappa shape index (κ3) is 3.66. The first kappa shape index (κ1) is 18.2. The number of ether oxygens (including phenoxy) is 1. The SMILES string of the molecule is COc1ccc(/C=c2\s/c(=C(\C#N)C(N)=O)n(-c3ccccc3)c2=O)cc1. The molecule has 1 aromatic heterocycles. The van der Waals surface area contributed by atoms with E-state index < -0.39 is 5.91 Å². The van der Waals surface area contributed by atoms with Gasteiger partial charge in [-0.1, -0.05) is 30.3 Å². The Labute approximate surface area is 158 Å². The molecule has 2 aromatic carbocycles. The van der Waals surface area contributed by atoms with Crippen molar-refractivity contribution in [2.24, 2.45) is 5.73 Å². The summed E-state index contributed by atoms with van der Waals surface area (Å²) in [7, 11) is 1.58. The zero-order valence-electron chi connectivity index (χ0n) is 14.4. The predicted molar refractivity (Wildman–Crippen MR) is 104 cm³/mol. The van der Waals surface area contributed by atoms with E-state index in [9.17, 15) is 14.9 Å². The number of nitriles is 1. The summed E-state index contributed by atoms with van der Waals surface area (Å²) in [6.45, 7) is 0. The number of carbonyl (C=O) groups is 1. The van der Waals surface area contributed by atoms with Crippen LogP contribution in [0.3, 0.4) is 0 Å². The zero-order chi connectivity index (χ0) is 19.4. The molecule has 0 unspecified atom stereocenters. The molecule has 0 atom stereocenters. The number of primary amides is 1. The standard InChI is InChI=1S/C20H15N3O3S/c1-26-15-9-7-13(8-10-15)11-17-19(25)23(14-5-3-2-4-6-14)20(27-17)16(12-21)18(22)24/h2-11H,1H3,(H2,22,24)/b17-11-,20-16+. The molecule has 134 valence electrons. The van der Waals surface area contributed by atoms with Crippen LogP contribution in [0.2, 0.25) is 0 Å². The number of amides is 1. The first-order chi connectivity index (χ1) is 13.0. The van der Waals surface area contributed by atoms with Crippen molar-refractivity contribution in [3.8, 4) is 17.5 Å². The molecule has 0 saturated heterocycles. The highest BCUT2D eigenvalue weighted by molar-refractivity contribution is 7.07. The quantitative estimate of drug-likeness (QED) is 0.730. The van der Waals surface area contributed by atoms with E-state index >= 15 is 0 Å². The molecule has 3 rings (SSSR count). The molecule has 1 amide bonds. The molecule has 7 heteroatoms. The molecule has 0 radical (unpaired) electrons. The van der Waals surface area contributed by atoms with E-state index in [1.165, 1.54) is 4.57 Å². The predicted octanol–water partition coefficient (Wildman–Crippen LogP) is 0.896. The number of rotatable bonds is 4. The monoisotopic (exact) mass is 377 g/mol. The van der Waals surface area contributed by atoms with E-state index in [2.05, 4.69) is 0 Å². The number of hydrogen-bond acceptors (Lipinski definition) is 5. The van der Waals surface area contributed by atoms with Gasteiger partial charge in [0.2, 0.25) is 0 Å². The smallest absolute Gasteiger partial charge is 0.273 e. The van der Waals surface area contributed by atoms with Crippen LogP contribution in [0, 0.1) is 11.3 Å². The topological polar surface area (TPSA) is 98.1 Å². The number of methoxy groups -OCH3 is 1. The van der Waals surface area contributed by atoms with Gasteiger partial charge in [-0.2, -0.15) is 5.26 Å². The number of aromatic nitrogens is 1. The van der Waals surface area contributed by atoms with E-state index in [0.717, 1.165) is 16.9 Å². The Morgan fingerprint density at radius 3 is 2.41 bits per heavy atom. The molecule has 6 nitrogen and oxygen atoms in total. The van der Waals surface area contributed by atoms with Gasteiger partial charge in [0.15, 0.2) is 5.57 Å². The minimum atomic E-state index is -0.876. The number of thiazole rings is 1.